The average molecular weight is 276 g/mol. The standard InChI is InChI=1S/C16H24N2O2/c1-12(2)10-18(15-5-3-4-6-15)11-14-8-7-13(9-17-14)16(19)20/h7-9,12,15H,3-6,10-11H2,1-2H3,(H,19,20). The van der Waals surface area contributed by atoms with Gasteiger partial charge in [0.1, 0.15) is 0 Å². The van der Waals surface area contributed by atoms with Crippen molar-refractivity contribution in [1.29, 1.82) is 0 Å². The molecule has 0 bridgehead atoms. The monoisotopic (exact) mass is 276 g/mol. The van der Waals surface area contributed by atoms with Gasteiger partial charge in [-0.2, -0.15) is 0 Å². The van der Waals surface area contributed by atoms with E-state index >= 15 is 0 Å². The number of carboxylic acid groups (broad SMARTS) is 1. The molecule has 1 aliphatic carbocycles. The van der Waals surface area contributed by atoms with Crippen molar-refractivity contribution in [1.82, 2.24) is 9.88 Å². The summed E-state index contributed by atoms with van der Waals surface area (Å²) in [5.74, 6) is -0.284. The molecule has 0 amide bonds. The van der Waals surface area contributed by atoms with Crippen LogP contribution in [0.1, 0.15) is 55.6 Å². The van der Waals surface area contributed by atoms with Gasteiger partial charge in [0, 0.05) is 25.3 Å². The van der Waals surface area contributed by atoms with E-state index in [1.54, 1.807) is 6.07 Å². The molecule has 1 aliphatic rings. The second-order valence-electron chi connectivity index (χ2n) is 6.10. The van der Waals surface area contributed by atoms with Gasteiger partial charge in [0.25, 0.3) is 0 Å². The Morgan fingerprint density at radius 2 is 2.10 bits per heavy atom. The van der Waals surface area contributed by atoms with Crippen molar-refractivity contribution < 1.29 is 9.90 Å². The van der Waals surface area contributed by atoms with Crippen molar-refractivity contribution in [3.05, 3.63) is 29.6 Å². The van der Waals surface area contributed by atoms with Crippen LogP contribution < -0.4 is 0 Å². The van der Waals surface area contributed by atoms with Crippen molar-refractivity contribution in [2.75, 3.05) is 6.54 Å². The van der Waals surface area contributed by atoms with Crippen LogP contribution in [0.2, 0.25) is 0 Å². The zero-order valence-electron chi connectivity index (χ0n) is 12.4. The molecule has 2 rings (SSSR count). The number of aromatic nitrogens is 1. The molecular weight excluding hydrogens is 252 g/mol. The number of carboxylic acids is 1. The maximum atomic E-state index is 10.8. The van der Waals surface area contributed by atoms with Crippen molar-refractivity contribution in [3.8, 4) is 0 Å². The Labute approximate surface area is 120 Å². The van der Waals surface area contributed by atoms with Crippen molar-refractivity contribution in [3.63, 3.8) is 0 Å². The van der Waals surface area contributed by atoms with Gasteiger partial charge in [0.2, 0.25) is 0 Å². The molecule has 4 nitrogen and oxygen atoms in total. The van der Waals surface area contributed by atoms with Crippen molar-refractivity contribution in [2.24, 2.45) is 5.92 Å². The van der Waals surface area contributed by atoms with Crippen LogP contribution in [0.25, 0.3) is 0 Å². The number of hydrogen-bond donors (Lipinski definition) is 1. The molecule has 1 saturated carbocycles. The fraction of sp³-hybridized carbons (Fsp3) is 0.625. The lowest BCUT2D eigenvalue weighted by Gasteiger charge is -2.30. The van der Waals surface area contributed by atoms with E-state index in [-0.39, 0.29) is 5.56 Å². The van der Waals surface area contributed by atoms with Crippen LogP contribution in [0.3, 0.4) is 0 Å². The predicted molar refractivity (Wildman–Crippen MR) is 78.7 cm³/mol. The smallest absolute Gasteiger partial charge is 0.337 e. The number of aromatic carboxylic acids is 1. The molecule has 1 aromatic heterocycles. The lowest BCUT2D eigenvalue weighted by atomic mass is 10.1. The Kier molecular flexibility index (Phi) is 5.12. The number of hydrogen-bond acceptors (Lipinski definition) is 3. The van der Waals surface area contributed by atoms with E-state index < -0.39 is 5.97 Å². The van der Waals surface area contributed by atoms with Crippen molar-refractivity contribution in [2.45, 2.75) is 52.1 Å². The first-order valence-corrected chi connectivity index (χ1v) is 7.48. The summed E-state index contributed by atoms with van der Waals surface area (Å²) >= 11 is 0. The van der Waals surface area contributed by atoms with E-state index in [0.717, 1.165) is 18.8 Å². The van der Waals surface area contributed by atoms with E-state index in [4.69, 9.17) is 5.11 Å². The Morgan fingerprint density at radius 3 is 2.60 bits per heavy atom. The van der Waals surface area contributed by atoms with Gasteiger partial charge in [0.15, 0.2) is 0 Å². The van der Waals surface area contributed by atoms with E-state index in [9.17, 15) is 4.79 Å². The molecule has 0 radical (unpaired) electrons. The molecule has 0 atom stereocenters. The SMILES string of the molecule is CC(C)CN(Cc1ccc(C(=O)O)cn1)C1CCCC1. The lowest BCUT2D eigenvalue weighted by Crippen LogP contribution is -2.35. The molecule has 1 aromatic rings. The molecule has 1 heterocycles. The van der Waals surface area contributed by atoms with E-state index in [1.165, 1.54) is 31.9 Å². The van der Waals surface area contributed by atoms with E-state index in [0.29, 0.717) is 12.0 Å². The summed E-state index contributed by atoms with van der Waals surface area (Å²) in [4.78, 5) is 17.6. The highest BCUT2D eigenvalue weighted by Gasteiger charge is 2.23. The fourth-order valence-electron chi connectivity index (χ4n) is 2.93. The summed E-state index contributed by atoms with van der Waals surface area (Å²) in [6, 6.07) is 4.15. The van der Waals surface area contributed by atoms with Crippen LogP contribution in [0.15, 0.2) is 18.3 Å². The normalized spacial score (nSPS) is 16.2. The van der Waals surface area contributed by atoms with Crippen LogP contribution in [0.5, 0.6) is 0 Å². The van der Waals surface area contributed by atoms with Crippen LogP contribution in [0, 0.1) is 5.92 Å². The zero-order valence-corrected chi connectivity index (χ0v) is 12.4. The number of carbonyl (C=O) groups is 1. The first-order valence-electron chi connectivity index (χ1n) is 7.48. The highest BCUT2D eigenvalue weighted by atomic mass is 16.4. The minimum Gasteiger partial charge on any atom is -0.478 e. The summed E-state index contributed by atoms with van der Waals surface area (Å²) in [6.07, 6.45) is 6.66. The molecule has 0 spiro atoms. The second kappa shape index (κ2) is 6.84. The van der Waals surface area contributed by atoms with Gasteiger partial charge in [-0.15, -0.1) is 0 Å². The quantitative estimate of drug-likeness (QED) is 0.867. The van der Waals surface area contributed by atoms with Gasteiger partial charge in [-0.1, -0.05) is 26.7 Å². The molecule has 4 heteroatoms. The Morgan fingerprint density at radius 1 is 1.40 bits per heavy atom. The molecule has 0 aromatic carbocycles. The highest BCUT2D eigenvalue weighted by molar-refractivity contribution is 5.87. The minimum absolute atomic E-state index is 0.255. The summed E-state index contributed by atoms with van der Waals surface area (Å²) < 4.78 is 0. The van der Waals surface area contributed by atoms with Gasteiger partial charge in [-0.3, -0.25) is 9.88 Å². The third-order valence-electron chi connectivity index (χ3n) is 3.88. The molecule has 0 aliphatic heterocycles. The van der Waals surface area contributed by atoms with Gasteiger partial charge in [-0.05, 0) is 30.9 Å². The van der Waals surface area contributed by atoms with Crippen LogP contribution in [0.4, 0.5) is 0 Å². The van der Waals surface area contributed by atoms with Gasteiger partial charge < -0.3 is 5.11 Å². The molecule has 110 valence electrons. The highest BCUT2D eigenvalue weighted by Crippen LogP contribution is 2.25. The minimum atomic E-state index is -0.918. The Bertz CT molecular complexity index is 436. The van der Waals surface area contributed by atoms with Gasteiger partial charge in [-0.25, -0.2) is 4.79 Å². The average Bonchev–Trinajstić information content (AvgIpc) is 2.92. The number of rotatable bonds is 6. The third-order valence-corrected chi connectivity index (χ3v) is 3.88. The maximum Gasteiger partial charge on any atom is 0.337 e. The van der Waals surface area contributed by atoms with Gasteiger partial charge >= 0.3 is 5.97 Å². The van der Waals surface area contributed by atoms with Crippen LogP contribution in [-0.2, 0) is 6.54 Å². The molecular formula is C16H24N2O2. The maximum absolute atomic E-state index is 10.8. The molecule has 1 N–H and O–H groups in total. The Hall–Kier alpha value is -1.42. The Balaban J connectivity index is 2.04. The first-order chi connectivity index (χ1) is 9.56. The second-order valence-corrected chi connectivity index (χ2v) is 6.10. The predicted octanol–water partition coefficient (Wildman–Crippen LogP) is 3.18. The zero-order chi connectivity index (χ0) is 14.5. The summed E-state index contributed by atoms with van der Waals surface area (Å²) in [6.45, 7) is 6.38. The fourth-order valence-corrected chi connectivity index (χ4v) is 2.93. The summed E-state index contributed by atoms with van der Waals surface area (Å²) in [5.41, 5.74) is 1.22. The van der Waals surface area contributed by atoms with E-state index in [1.807, 2.05) is 6.07 Å². The summed E-state index contributed by atoms with van der Waals surface area (Å²) in [7, 11) is 0. The summed E-state index contributed by atoms with van der Waals surface area (Å²) in [5, 5.41) is 8.90. The number of nitrogens with zero attached hydrogens (tertiary/aromatic N) is 2. The van der Waals surface area contributed by atoms with Crippen molar-refractivity contribution >= 4 is 5.97 Å². The molecule has 20 heavy (non-hydrogen) atoms. The largest absolute Gasteiger partial charge is 0.478 e. The molecule has 1 fully saturated rings. The lowest BCUT2D eigenvalue weighted by molar-refractivity contribution is 0.0696. The van der Waals surface area contributed by atoms with Crippen LogP contribution in [-0.4, -0.2) is 33.5 Å². The van der Waals surface area contributed by atoms with Gasteiger partial charge in [0.05, 0.1) is 11.3 Å². The number of pyridine rings is 1. The molecule has 0 saturated heterocycles. The third kappa shape index (κ3) is 4.04. The molecule has 0 unspecified atom stereocenters. The topological polar surface area (TPSA) is 53.4 Å². The van der Waals surface area contributed by atoms with E-state index in [2.05, 4.69) is 23.7 Å². The first kappa shape index (κ1) is 15.0. The van der Waals surface area contributed by atoms with Crippen LogP contribution >= 0.6 is 0 Å².